The summed E-state index contributed by atoms with van der Waals surface area (Å²) in [6.45, 7) is 1.98. The number of nitrogens with one attached hydrogen (secondary N) is 1. The van der Waals surface area contributed by atoms with Crippen LogP contribution in [0, 0.1) is 10.1 Å². The molecule has 0 saturated heterocycles. The molecule has 102 valence electrons. The molecule has 0 bridgehead atoms. The van der Waals surface area contributed by atoms with Gasteiger partial charge in [-0.15, -0.1) is 0 Å². The molecule has 0 aliphatic rings. The number of para-hydroxylation sites is 1. The second kappa shape index (κ2) is 4.93. The minimum absolute atomic E-state index is 0.0216. The number of fused-ring (bicyclic) bond motifs is 1. The Morgan fingerprint density at radius 3 is 3.00 bits per heavy atom. The SMILES string of the molecule is CC(Nc1nc2c([N+](=O)[O-])cccc2o1)c1ccsc1. The first-order valence-electron chi connectivity index (χ1n) is 5.98. The van der Waals surface area contributed by atoms with Crippen molar-refractivity contribution in [2.75, 3.05) is 5.32 Å². The molecule has 0 aliphatic heterocycles. The van der Waals surface area contributed by atoms with Gasteiger partial charge in [0.25, 0.3) is 11.7 Å². The zero-order chi connectivity index (χ0) is 14.1. The van der Waals surface area contributed by atoms with E-state index in [1.54, 1.807) is 23.5 Å². The molecule has 1 unspecified atom stereocenters. The molecule has 7 heteroatoms. The summed E-state index contributed by atoms with van der Waals surface area (Å²) in [5.74, 6) is 0. The lowest BCUT2D eigenvalue weighted by molar-refractivity contribution is -0.383. The summed E-state index contributed by atoms with van der Waals surface area (Å²) < 4.78 is 5.50. The van der Waals surface area contributed by atoms with Crippen molar-refractivity contribution < 1.29 is 9.34 Å². The normalized spacial score (nSPS) is 12.4. The van der Waals surface area contributed by atoms with Crippen LogP contribution in [0.15, 0.2) is 39.4 Å². The van der Waals surface area contributed by atoms with Gasteiger partial charge >= 0.3 is 0 Å². The molecule has 0 spiro atoms. The van der Waals surface area contributed by atoms with Crippen LogP contribution in [0.2, 0.25) is 0 Å². The molecule has 6 nitrogen and oxygen atoms in total. The standard InChI is InChI=1S/C13H11N3O3S/c1-8(9-5-6-20-7-9)14-13-15-12-10(16(17)18)3-2-4-11(12)19-13/h2-8H,1H3,(H,14,15). The van der Waals surface area contributed by atoms with Crippen molar-refractivity contribution in [2.24, 2.45) is 0 Å². The van der Waals surface area contributed by atoms with Gasteiger partial charge in [-0.05, 0) is 35.4 Å². The smallest absolute Gasteiger partial charge is 0.298 e. The number of non-ortho nitro benzene ring substituents is 1. The van der Waals surface area contributed by atoms with E-state index in [2.05, 4.69) is 10.3 Å². The van der Waals surface area contributed by atoms with Crippen molar-refractivity contribution in [3.8, 4) is 0 Å². The van der Waals surface area contributed by atoms with E-state index in [0.717, 1.165) is 5.56 Å². The Morgan fingerprint density at radius 2 is 2.30 bits per heavy atom. The third-order valence-electron chi connectivity index (χ3n) is 2.98. The Bertz CT molecular complexity index is 751. The predicted octanol–water partition coefficient (Wildman–Crippen LogP) is 3.97. The van der Waals surface area contributed by atoms with E-state index in [1.165, 1.54) is 6.07 Å². The Labute approximate surface area is 118 Å². The molecule has 3 aromatic rings. The van der Waals surface area contributed by atoms with Crippen molar-refractivity contribution in [3.63, 3.8) is 0 Å². The number of hydrogen-bond donors (Lipinski definition) is 1. The molecule has 20 heavy (non-hydrogen) atoms. The molecule has 1 atom stereocenters. The van der Waals surface area contributed by atoms with Crippen molar-refractivity contribution in [3.05, 3.63) is 50.7 Å². The van der Waals surface area contributed by atoms with Crippen LogP contribution in [0.3, 0.4) is 0 Å². The zero-order valence-corrected chi connectivity index (χ0v) is 11.4. The number of hydrogen-bond acceptors (Lipinski definition) is 6. The van der Waals surface area contributed by atoms with Crippen LogP contribution < -0.4 is 5.32 Å². The number of thiophene rings is 1. The molecular formula is C13H11N3O3S. The fraction of sp³-hybridized carbons (Fsp3) is 0.154. The molecule has 3 rings (SSSR count). The number of rotatable bonds is 4. The molecule has 2 aromatic heterocycles. The Morgan fingerprint density at radius 1 is 1.45 bits per heavy atom. The third kappa shape index (κ3) is 2.23. The predicted molar refractivity (Wildman–Crippen MR) is 77.0 cm³/mol. The summed E-state index contributed by atoms with van der Waals surface area (Å²) in [7, 11) is 0. The van der Waals surface area contributed by atoms with Gasteiger partial charge in [0.15, 0.2) is 11.1 Å². The van der Waals surface area contributed by atoms with E-state index >= 15 is 0 Å². The average molecular weight is 289 g/mol. The van der Waals surface area contributed by atoms with Crippen LogP contribution in [0.1, 0.15) is 18.5 Å². The van der Waals surface area contributed by atoms with Gasteiger partial charge in [-0.3, -0.25) is 10.1 Å². The summed E-state index contributed by atoms with van der Waals surface area (Å²) >= 11 is 1.61. The lowest BCUT2D eigenvalue weighted by Crippen LogP contribution is -2.05. The first kappa shape index (κ1) is 12.6. The highest BCUT2D eigenvalue weighted by molar-refractivity contribution is 7.07. The average Bonchev–Trinajstić information content (AvgIpc) is 3.06. The summed E-state index contributed by atoms with van der Waals surface area (Å²) in [4.78, 5) is 14.6. The van der Waals surface area contributed by atoms with Gasteiger partial charge in [0.2, 0.25) is 0 Å². The maximum absolute atomic E-state index is 10.9. The van der Waals surface area contributed by atoms with Gasteiger partial charge < -0.3 is 9.73 Å². The van der Waals surface area contributed by atoms with Gasteiger partial charge in [-0.1, -0.05) is 6.07 Å². The fourth-order valence-corrected chi connectivity index (χ4v) is 2.69. The first-order valence-corrected chi connectivity index (χ1v) is 6.92. The highest BCUT2D eigenvalue weighted by atomic mass is 32.1. The second-order valence-electron chi connectivity index (χ2n) is 4.32. The van der Waals surface area contributed by atoms with Gasteiger partial charge in [-0.25, -0.2) is 0 Å². The lowest BCUT2D eigenvalue weighted by atomic mass is 10.2. The van der Waals surface area contributed by atoms with Gasteiger partial charge in [0.1, 0.15) is 0 Å². The van der Waals surface area contributed by atoms with Crippen LogP contribution in [0.25, 0.3) is 11.1 Å². The molecule has 0 radical (unpaired) electrons. The quantitative estimate of drug-likeness (QED) is 0.580. The number of benzene rings is 1. The van der Waals surface area contributed by atoms with E-state index < -0.39 is 4.92 Å². The van der Waals surface area contributed by atoms with Crippen LogP contribution in [0.5, 0.6) is 0 Å². The van der Waals surface area contributed by atoms with Gasteiger partial charge in [0.05, 0.1) is 11.0 Å². The fourth-order valence-electron chi connectivity index (χ4n) is 1.93. The minimum atomic E-state index is -0.461. The van der Waals surface area contributed by atoms with E-state index in [4.69, 9.17) is 4.42 Å². The van der Waals surface area contributed by atoms with Crippen molar-refractivity contribution >= 4 is 34.1 Å². The van der Waals surface area contributed by atoms with Crippen molar-refractivity contribution in [2.45, 2.75) is 13.0 Å². The number of nitro groups is 1. The molecule has 0 aliphatic carbocycles. The number of anilines is 1. The number of nitrogens with zero attached hydrogens (tertiary/aromatic N) is 2. The summed E-state index contributed by atoms with van der Waals surface area (Å²) in [5, 5.41) is 18.1. The van der Waals surface area contributed by atoms with Gasteiger partial charge in [0, 0.05) is 6.07 Å². The highest BCUT2D eigenvalue weighted by Crippen LogP contribution is 2.29. The molecule has 2 heterocycles. The van der Waals surface area contributed by atoms with Crippen LogP contribution >= 0.6 is 11.3 Å². The maximum Gasteiger partial charge on any atom is 0.298 e. The Kier molecular flexibility index (Phi) is 3.11. The largest absolute Gasteiger partial charge is 0.423 e. The molecule has 0 fully saturated rings. The van der Waals surface area contributed by atoms with E-state index in [0.29, 0.717) is 5.58 Å². The third-order valence-corrected chi connectivity index (χ3v) is 3.68. The first-order chi connectivity index (χ1) is 9.65. The molecule has 0 amide bonds. The van der Waals surface area contributed by atoms with E-state index in [-0.39, 0.29) is 23.3 Å². The molecule has 1 aromatic carbocycles. The van der Waals surface area contributed by atoms with E-state index in [1.807, 2.05) is 23.8 Å². The van der Waals surface area contributed by atoms with Crippen molar-refractivity contribution in [1.82, 2.24) is 4.98 Å². The zero-order valence-electron chi connectivity index (χ0n) is 10.6. The molecule has 0 saturated carbocycles. The highest BCUT2D eigenvalue weighted by Gasteiger charge is 2.18. The second-order valence-corrected chi connectivity index (χ2v) is 5.10. The molecular weight excluding hydrogens is 278 g/mol. The Balaban J connectivity index is 1.93. The van der Waals surface area contributed by atoms with E-state index in [9.17, 15) is 10.1 Å². The minimum Gasteiger partial charge on any atom is -0.423 e. The maximum atomic E-state index is 10.9. The summed E-state index contributed by atoms with van der Waals surface area (Å²) in [6, 6.07) is 6.97. The monoisotopic (exact) mass is 289 g/mol. The van der Waals surface area contributed by atoms with Gasteiger partial charge in [-0.2, -0.15) is 16.3 Å². The van der Waals surface area contributed by atoms with Crippen LogP contribution in [0.4, 0.5) is 11.7 Å². The lowest BCUT2D eigenvalue weighted by Gasteiger charge is -2.09. The topological polar surface area (TPSA) is 81.2 Å². The number of aromatic nitrogens is 1. The van der Waals surface area contributed by atoms with Crippen molar-refractivity contribution in [1.29, 1.82) is 0 Å². The number of oxazole rings is 1. The summed E-state index contributed by atoms with van der Waals surface area (Å²) in [6.07, 6.45) is 0. The molecule has 1 N–H and O–H groups in total. The Hall–Kier alpha value is -2.41. The summed E-state index contributed by atoms with van der Waals surface area (Å²) in [5.41, 5.74) is 1.73. The van der Waals surface area contributed by atoms with Crippen LogP contribution in [-0.4, -0.2) is 9.91 Å². The van der Waals surface area contributed by atoms with Crippen LogP contribution in [-0.2, 0) is 0 Å². The number of nitro benzene ring substituents is 1.